The lowest BCUT2D eigenvalue weighted by molar-refractivity contribution is -0.143. The first kappa shape index (κ1) is 47.6. The third kappa shape index (κ3) is 16.3. The van der Waals surface area contributed by atoms with E-state index in [9.17, 15) is 9.59 Å². The van der Waals surface area contributed by atoms with Crippen LogP contribution in [0.1, 0.15) is 113 Å². The van der Waals surface area contributed by atoms with Gasteiger partial charge >= 0.3 is 5.97 Å². The Morgan fingerprint density at radius 1 is 0.587 bits per heavy atom. The van der Waals surface area contributed by atoms with Crippen molar-refractivity contribution in [3.63, 3.8) is 0 Å². The van der Waals surface area contributed by atoms with Gasteiger partial charge < -0.3 is 25.6 Å². The number of nitrogens with one attached hydrogen (secondary N) is 1. The molecule has 2 aromatic heterocycles. The van der Waals surface area contributed by atoms with E-state index >= 15 is 0 Å². The zero-order valence-corrected chi connectivity index (χ0v) is 37.4. The smallest absolute Gasteiger partial charge is 0.306 e. The quantitative estimate of drug-likeness (QED) is 0.106. The molecule has 0 bridgehead atoms. The minimum Gasteiger partial charge on any atom is -0.492 e. The number of amides is 1. The second-order valence-corrected chi connectivity index (χ2v) is 17.7. The van der Waals surface area contributed by atoms with Gasteiger partial charge in [0.25, 0.3) is 0 Å². The van der Waals surface area contributed by atoms with Crippen LogP contribution in [0.2, 0.25) is 0 Å². The lowest BCUT2D eigenvalue weighted by Crippen LogP contribution is -2.44. The second kappa shape index (κ2) is 26.7. The molecule has 4 aromatic rings. The fourth-order valence-electron chi connectivity index (χ4n) is 9.48. The summed E-state index contributed by atoms with van der Waals surface area (Å²) in [6.45, 7) is 6.72. The first-order chi connectivity index (χ1) is 30.9. The number of piperidine rings is 2. The number of carboxylic acid groups (broad SMARTS) is 1. The number of ether oxygens (including phenoxy) is 2. The van der Waals surface area contributed by atoms with E-state index in [1.807, 2.05) is 103 Å². The Hall–Kier alpha value is -4.84. The predicted molar refractivity (Wildman–Crippen MR) is 249 cm³/mol. The van der Waals surface area contributed by atoms with Crippen molar-refractivity contribution in [3.05, 3.63) is 121 Å². The number of likely N-dealkylation sites (tertiary alicyclic amines) is 2. The molecule has 0 spiro atoms. The largest absolute Gasteiger partial charge is 0.492 e. The molecule has 4 N–H and O–H groups in total. The van der Waals surface area contributed by atoms with E-state index in [4.69, 9.17) is 20.3 Å². The molecule has 2 saturated heterocycles. The highest BCUT2D eigenvalue weighted by atomic mass is 16.5. The summed E-state index contributed by atoms with van der Waals surface area (Å²) < 4.78 is 11.4. The summed E-state index contributed by atoms with van der Waals surface area (Å²) in [5.41, 5.74) is 8.27. The molecule has 2 saturated carbocycles. The molecule has 2 aromatic carbocycles. The number of benzene rings is 2. The van der Waals surface area contributed by atoms with Crippen LogP contribution >= 0.6 is 0 Å². The van der Waals surface area contributed by atoms with Crippen molar-refractivity contribution in [2.45, 2.75) is 102 Å². The summed E-state index contributed by atoms with van der Waals surface area (Å²) in [4.78, 5) is 37.6. The molecular formula is C52H72N6O5. The van der Waals surface area contributed by atoms with Gasteiger partial charge in [0.15, 0.2) is 0 Å². The molecule has 4 heterocycles. The highest BCUT2D eigenvalue weighted by Crippen LogP contribution is 2.35. The number of nitrogens with zero attached hydrogens (tertiary/aromatic N) is 4. The van der Waals surface area contributed by atoms with Gasteiger partial charge in [-0.1, -0.05) is 87.1 Å². The first-order valence-electron chi connectivity index (χ1n) is 23.8. The molecule has 4 fully saturated rings. The average Bonchev–Trinajstić information content (AvgIpc) is 3.35. The number of hydrogen-bond acceptors (Lipinski definition) is 9. The van der Waals surface area contributed by atoms with Gasteiger partial charge in [0, 0.05) is 37.4 Å². The molecule has 8 rings (SSSR count). The van der Waals surface area contributed by atoms with Gasteiger partial charge in [-0.3, -0.25) is 29.4 Å². The van der Waals surface area contributed by atoms with Crippen molar-refractivity contribution >= 4 is 11.9 Å². The monoisotopic (exact) mass is 861 g/mol. The summed E-state index contributed by atoms with van der Waals surface area (Å²) in [5.74, 6) is 2.45. The number of pyridine rings is 2. The molecule has 1 amide bonds. The first-order valence-corrected chi connectivity index (χ1v) is 23.8. The lowest BCUT2D eigenvalue weighted by atomic mass is 9.82. The van der Waals surface area contributed by atoms with Gasteiger partial charge in [-0.25, -0.2) is 0 Å². The standard InChI is InChI=1S/C26H35N3O2.C14H19NO3.C12H18N2/c30-26(28-25(21-9-3-1-4-10-21)24-13-7-8-16-27-24)22-14-17-29(18-15-22)19-20-31-23-11-5-2-6-12-23;16-14(17)12-6-8-15(9-7-12)10-11-18-13-4-2-1-3-5-13;13-12(10-6-2-1-3-7-10)11-8-4-5-9-14-11/h2,5-8,11-13,16,21-22,25H,1,3-4,9-10,14-15,17-20H2,(H,28,30);1-5,12H,6-11H2,(H,16,17);4-5,8-10,12H,1-3,6-7,13H2. The number of aliphatic carboxylic acids is 1. The number of para-hydroxylation sites is 2. The summed E-state index contributed by atoms with van der Waals surface area (Å²) in [5, 5.41) is 12.3. The number of nitrogens with two attached hydrogens (primary N) is 1. The SMILES string of the molecule is NC(c1ccccn1)C1CCCCC1.O=C(NC(c1ccccn1)C1CCCCC1)C1CCN(CCOc2ccccc2)CC1.O=C(O)C1CCN(CCOc2ccccc2)CC1. The van der Waals surface area contributed by atoms with Crippen LogP contribution in [0.3, 0.4) is 0 Å². The molecule has 2 aliphatic heterocycles. The van der Waals surface area contributed by atoms with Crippen LogP contribution in [-0.2, 0) is 9.59 Å². The average molecular weight is 861 g/mol. The number of carbonyl (C=O) groups is 2. The molecule has 63 heavy (non-hydrogen) atoms. The molecule has 340 valence electrons. The van der Waals surface area contributed by atoms with E-state index in [0.717, 1.165) is 87.8 Å². The van der Waals surface area contributed by atoms with E-state index in [0.29, 0.717) is 25.0 Å². The molecular weight excluding hydrogens is 789 g/mol. The highest BCUT2D eigenvalue weighted by molar-refractivity contribution is 5.79. The van der Waals surface area contributed by atoms with Gasteiger partial charge in [-0.15, -0.1) is 0 Å². The van der Waals surface area contributed by atoms with Gasteiger partial charge in [-0.2, -0.15) is 0 Å². The van der Waals surface area contributed by atoms with Crippen LogP contribution in [-0.4, -0.2) is 89.2 Å². The second-order valence-electron chi connectivity index (χ2n) is 17.7. The third-order valence-electron chi connectivity index (χ3n) is 13.3. The van der Waals surface area contributed by atoms with E-state index in [2.05, 4.69) is 31.2 Å². The predicted octanol–water partition coefficient (Wildman–Crippen LogP) is 9.13. The van der Waals surface area contributed by atoms with Crippen molar-refractivity contribution in [3.8, 4) is 11.5 Å². The normalized spacial score (nSPS) is 19.3. The minimum atomic E-state index is -0.657. The summed E-state index contributed by atoms with van der Waals surface area (Å²) >= 11 is 0. The summed E-state index contributed by atoms with van der Waals surface area (Å²) in [6, 6.07) is 31.9. The minimum absolute atomic E-state index is 0.0475. The maximum Gasteiger partial charge on any atom is 0.306 e. The summed E-state index contributed by atoms with van der Waals surface area (Å²) in [6.07, 6.45) is 19.8. The van der Waals surface area contributed by atoms with Crippen LogP contribution in [0.5, 0.6) is 11.5 Å². The van der Waals surface area contributed by atoms with Crippen LogP contribution in [0.4, 0.5) is 0 Å². The lowest BCUT2D eigenvalue weighted by Gasteiger charge is -2.34. The molecule has 2 aliphatic carbocycles. The van der Waals surface area contributed by atoms with Crippen LogP contribution in [0.25, 0.3) is 0 Å². The van der Waals surface area contributed by atoms with Crippen molar-refractivity contribution in [2.24, 2.45) is 29.4 Å². The number of carboxylic acids is 1. The molecule has 11 nitrogen and oxygen atoms in total. The fourth-order valence-corrected chi connectivity index (χ4v) is 9.48. The Morgan fingerprint density at radius 3 is 1.49 bits per heavy atom. The number of aromatic nitrogens is 2. The van der Waals surface area contributed by atoms with Gasteiger partial charge in [-0.05, 0) is 138 Å². The number of carbonyl (C=O) groups excluding carboxylic acids is 1. The molecule has 2 atom stereocenters. The van der Waals surface area contributed by atoms with E-state index in [-0.39, 0.29) is 29.8 Å². The molecule has 4 aliphatic rings. The maximum atomic E-state index is 13.1. The van der Waals surface area contributed by atoms with Crippen molar-refractivity contribution in [1.29, 1.82) is 0 Å². The van der Waals surface area contributed by atoms with E-state index in [1.165, 1.54) is 64.2 Å². The van der Waals surface area contributed by atoms with Gasteiger partial charge in [0.2, 0.25) is 5.91 Å². The van der Waals surface area contributed by atoms with E-state index in [1.54, 1.807) is 0 Å². The van der Waals surface area contributed by atoms with Crippen molar-refractivity contribution in [2.75, 3.05) is 52.5 Å². The molecule has 2 unspecified atom stereocenters. The Morgan fingerprint density at radius 2 is 1.03 bits per heavy atom. The molecule has 0 radical (unpaired) electrons. The number of hydrogen-bond donors (Lipinski definition) is 3. The molecule has 11 heteroatoms. The highest BCUT2D eigenvalue weighted by Gasteiger charge is 2.32. The maximum absolute atomic E-state index is 13.1. The Bertz CT molecular complexity index is 1830. The third-order valence-corrected chi connectivity index (χ3v) is 13.3. The zero-order chi connectivity index (χ0) is 43.9. The summed E-state index contributed by atoms with van der Waals surface area (Å²) in [7, 11) is 0. The van der Waals surface area contributed by atoms with Crippen LogP contribution < -0.4 is 20.5 Å². The van der Waals surface area contributed by atoms with Crippen molar-refractivity contribution in [1.82, 2.24) is 25.1 Å². The van der Waals surface area contributed by atoms with Crippen LogP contribution in [0.15, 0.2) is 109 Å². The Kier molecular flexibility index (Phi) is 20.2. The fraction of sp³-hybridized carbons (Fsp3) is 0.538. The zero-order valence-electron chi connectivity index (χ0n) is 37.4. The van der Waals surface area contributed by atoms with Crippen molar-refractivity contribution < 1.29 is 24.2 Å². The van der Waals surface area contributed by atoms with E-state index < -0.39 is 5.97 Å². The number of rotatable bonds is 15. The Labute approximate surface area is 376 Å². The van der Waals surface area contributed by atoms with Gasteiger partial charge in [0.05, 0.1) is 23.3 Å². The topological polar surface area (TPSA) is 143 Å². The van der Waals surface area contributed by atoms with Crippen LogP contribution in [0, 0.1) is 23.7 Å². The van der Waals surface area contributed by atoms with Gasteiger partial charge in [0.1, 0.15) is 24.7 Å². The Balaban J connectivity index is 0.000000174.